The van der Waals surface area contributed by atoms with E-state index in [0.29, 0.717) is 23.6 Å². The molecule has 0 saturated heterocycles. The average Bonchev–Trinajstić information content (AvgIpc) is 2.90. The van der Waals surface area contributed by atoms with Crippen molar-refractivity contribution in [2.45, 2.75) is 17.9 Å². The maximum atomic E-state index is 12.9. The summed E-state index contributed by atoms with van der Waals surface area (Å²) < 4.78 is 33.0. The Kier molecular flexibility index (Phi) is 8.15. The standard InChI is InChI=1S/C29H28N2O4S/c1-31(22-24-11-6-3-7-12-24)36(33,34)28-17-15-26(16-18-28)30-29(32)25-13-8-14-27(21-25)35-20-19-23-9-4-2-5-10-23/h2-18,21H,19-20,22H2,1H3,(H,30,32). The van der Waals surface area contributed by atoms with E-state index in [4.69, 9.17) is 4.74 Å². The lowest BCUT2D eigenvalue weighted by Gasteiger charge is -2.17. The number of nitrogens with zero attached hydrogens (tertiary/aromatic N) is 1. The van der Waals surface area contributed by atoms with Gasteiger partial charge in [0.05, 0.1) is 11.5 Å². The molecule has 0 bridgehead atoms. The number of carbonyl (C=O) groups excluding carboxylic acids is 1. The number of anilines is 1. The Morgan fingerprint density at radius 2 is 1.44 bits per heavy atom. The first kappa shape index (κ1) is 25.2. The monoisotopic (exact) mass is 500 g/mol. The number of amides is 1. The quantitative estimate of drug-likeness (QED) is 0.317. The zero-order valence-corrected chi connectivity index (χ0v) is 20.8. The minimum Gasteiger partial charge on any atom is -0.493 e. The van der Waals surface area contributed by atoms with Gasteiger partial charge in [0.2, 0.25) is 10.0 Å². The van der Waals surface area contributed by atoms with Gasteiger partial charge in [-0.2, -0.15) is 4.31 Å². The minimum absolute atomic E-state index is 0.160. The topological polar surface area (TPSA) is 75.7 Å². The normalized spacial score (nSPS) is 11.3. The fraction of sp³-hybridized carbons (Fsp3) is 0.138. The molecule has 4 aromatic rings. The Morgan fingerprint density at radius 1 is 0.806 bits per heavy atom. The average molecular weight is 501 g/mol. The molecule has 0 aliphatic rings. The number of ether oxygens (including phenoxy) is 1. The summed E-state index contributed by atoms with van der Waals surface area (Å²) in [4.78, 5) is 12.9. The molecule has 0 saturated carbocycles. The third kappa shape index (κ3) is 6.59. The first-order valence-electron chi connectivity index (χ1n) is 11.6. The molecule has 4 rings (SSSR count). The van der Waals surface area contributed by atoms with Gasteiger partial charge in [-0.25, -0.2) is 8.42 Å². The van der Waals surface area contributed by atoms with Gasteiger partial charge >= 0.3 is 0 Å². The Labute approximate surface area is 212 Å². The van der Waals surface area contributed by atoms with E-state index in [0.717, 1.165) is 12.0 Å². The summed E-state index contributed by atoms with van der Waals surface area (Å²) in [5, 5.41) is 2.81. The van der Waals surface area contributed by atoms with Gasteiger partial charge in [0.25, 0.3) is 5.91 Å². The van der Waals surface area contributed by atoms with Crippen LogP contribution in [0.2, 0.25) is 0 Å². The van der Waals surface area contributed by atoms with Crippen molar-refractivity contribution in [3.63, 3.8) is 0 Å². The molecular weight excluding hydrogens is 472 g/mol. The number of nitrogens with one attached hydrogen (secondary N) is 1. The largest absolute Gasteiger partial charge is 0.493 e. The molecule has 0 aliphatic carbocycles. The molecule has 1 N–H and O–H groups in total. The predicted molar refractivity (Wildman–Crippen MR) is 142 cm³/mol. The van der Waals surface area contributed by atoms with E-state index in [1.807, 2.05) is 66.7 Å². The van der Waals surface area contributed by atoms with Gasteiger partial charge in [-0.05, 0) is 53.6 Å². The molecule has 0 spiro atoms. The van der Waals surface area contributed by atoms with Crippen molar-refractivity contribution in [2.24, 2.45) is 0 Å². The van der Waals surface area contributed by atoms with Gasteiger partial charge < -0.3 is 10.1 Å². The Hall–Kier alpha value is -3.94. The van der Waals surface area contributed by atoms with Crippen LogP contribution in [0.4, 0.5) is 5.69 Å². The molecule has 6 nitrogen and oxygen atoms in total. The van der Waals surface area contributed by atoms with E-state index < -0.39 is 10.0 Å². The summed E-state index contributed by atoms with van der Waals surface area (Å²) in [7, 11) is -2.12. The molecule has 36 heavy (non-hydrogen) atoms. The number of sulfonamides is 1. The molecule has 0 heterocycles. The van der Waals surface area contributed by atoms with Crippen LogP contribution in [0.25, 0.3) is 0 Å². The number of carbonyl (C=O) groups is 1. The van der Waals surface area contributed by atoms with Crippen LogP contribution in [0.15, 0.2) is 114 Å². The van der Waals surface area contributed by atoms with E-state index in [1.54, 1.807) is 37.4 Å². The molecule has 184 valence electrons. The Morgan fingerprint density at radius 3 is 2.11 bits per heavy atom. The third-order valence-corrected chi connectivity index (χ3v) is 7.48. The van der Waals surface area contributed by atoms with Crippen molar-refractivity contribution in [1.29, 1.82) is 0 Å². The van der Waals surface area contributed by atoms with E-state index in [-0.39, 0.29) is 17.3 Å². The van der Waals surface area contributed by atoms with E-state index in [9.17, 15) is 13.2 Å². The molecule has 7 heteroatoms. The highest BCUT2D eigenvalue weighted by atomic mass is 32.2. The zero-order chi connectivity index (χ0) is 25.4. The summed E-state index contributed by atoms with van der Waals surface area (Å²) in [5.74, 6) is 0.307. The van der Waals surface area contributed by atoms with Crippen molar-refractivity contribution < 1.29 is 17.9 Å². The highest BCUT2D eigenvalue weighted by molar-refractivity contribution is 7.89. The molecule has 4 aromatic carbocycles. The van der Waals surface area contributed by atoms with Gasteiger partial charge in [0.1, 0.15) is 5.75 Å². The van der Waals surface area contributed by atoms with Crippen LogP contribution in [-0.2, 0) is 23.0 Å². The number of benzene rings is 4. The number of hydrogen-bond donors (Lipinski definition) is 1. The van der Waals surface area contributed by atoms with Crippen molar-refractivity contribution in [3.8, 4) is 5.75 Å². The van der Waals surface area contributed by atoms with E-state index >= 15 is 0 Å². The van der Waals surface area contributed by atoms with Crippen LogP contribution in [0.3, 0.4) is 0 Å². The molecule has 0 radical (unpaired) electrons. The Balaban J connectivity index is 1.35. The second-order valence-electron chi connectivity index (χ2n) is 8.34. The van der Waals surface area contributed by atoms with Crippen LogP contribution in [-0.4, -0.2) is 32.3 Å². The summed E-state index contributed by atoms with van der Waals surface area (Å²) in [6.45, 7) is 0.773. The molecule has 0 unspecified atom stereocenters. The van der Waals surface area contributed by atoms with Crippen molar-refractivity contribution in [2.75, 3.05) is 19.0 Å². The Bertz CT molecular complexity index is 1390. The van der Waals surface area contributed by atoms with Crippen LogP contribution in [0, 0.1) is 0 Å². The predicted octanol–water partition coefficient (Wildman–Crippen LogP) is 5.38. The van der Waals surface area contributed by atoms with Crippen LogP contribution < -0.4 is 10.1 Å². The highest BCUT2D eigenvalue weighted by Crippen LogP contribution is 2.21. The van der Waals surface area contributed by atoms with E-state index in [2.05, 4.69) is 5.32 Å². The summed E-state index contributed by atoms with van der Waals surface area (Å²) in [6.07, 6.45) is 0.771. The van der Waals surface area contributed by atoms with Crippen molar-refractivity contribution >= 4 is 21.6 Å². The number of hydrogen-bond acceptors (Lipinski definition) is 4. The fourth-order valence-electron chi connectivity index (χ4n) is 3.68. The molecule has 0 fully saturated rings. The van der Waals surface area contributed by atoms with Gasteiger partial charge in [-0.1, -0.05) is 66.7 Å². The smallest absolute Gasteiger partial charge is 0.255 e. The lowest BCUT2D eigenvalue weighted by atomic mass is 10.1. The van der Waals surface area contributed by atoms with Crippen molar-refractivity contribution in [3.05, 3.63) is 126 Å². The second-order valence-corrected chi connectivity index (χ2v) is 10.4. The minimum atomic E-state index is -3.67. The lowest BCUT2D eigenvalue weighted by molar-refractivity contribution is 0.102. The van der Waals surface area contributed by atoms with E-state index in [1.165, 1.54) is 22.0 Å². The first-order chi connectivity index (χ1) is 17.4. The zero-order valence-electron chi connectivity index (χ0n) is 20.0. The van der Waals surface area contributed by atoms with Crippen LogP contribution >= 0.6 is 0 Å². The highest BCUT2D eigenvalue weighted by Gasteiger charge is 2.21. The molecule has 0 aliphatic heterocycles. The number of rotatable bonds is 10. The van der Waals surface area contributed by atoms with Gasteiger partial charge in [0, 0.05) is 31.3 Å². The van der Waals surface area contributed by atoms with Gasteiger partial charge in [-0.15, -0.1) is 0 Å². The van der Waals surface area contributed by atoms with Crippen molar-refractivity contribution in [1.82, 2.24) is 4.31 Å². The first-order valence-corrected chi connectivity index (χ1v) is 13.0. The molecule has 0 atom stereocenters. The van der Waals surface area contributed by atoms with Gasteiger partial charge in [0.15, 0.2) is 0 Å². The van der Waals surface area contributed by atoms with Crippen LogP contribution in [0.1, 0.15) is 21.5 Å². The van der Waals surface area contributed by atoms with Gasteiger partial charge in [-0.3, -0.25) is 4.79 Å². The molecule has 0 aromatic heterocycles. The third-order valence-electron chi connectivity index (χ3n) is 5.67. The molecular formula is C29H28N2O4S. The SMILES string of the molecule is CN(Cc1ccccc1)S(=O)(=O)c1ccc(NC(=O)c2cccc(OCCc3ccccc3)c2)cc1. The summed E-state index contributed by atoms with van der Waals surface area (Å²) >= 11 is 0. The maximum Gasteiger partial charge on any atom is 0.255 e. The van der Waals surface area contributed by atoms with Crippen LogP contribution in [0.5, 0.6) is 5.75 Å². The lowest BCUT2D eigenvalue weighted by Crippen LogP contribution is -2.26. The second kappa shape index (κ2) is 11.7. The summed E-state index contributed by atoms with van der Waals surface area (Å²) in [5.41, 5.74) is 3.04. The fourth-order valence-corrected chi connectivity index (χ4v) is 4.84. The molecule has 1 amide bonds. The summed E-state index contributed by atoms with van der Waals surface area (Å²) in [6, 6.07) is 32.6. The maximum absolute atomic E-state index is 12.9.